The molecule has 0 heterocycles. The van der Waals surface area contributed by atoms with Crippen LogP contribution in [0.3, 0.4) is 0 Å². The molecule has 0 saturated carbocycles. The van der Waals surface area contributed by atoms with E-state index in [4.69, 9.17) is 28.4 Å². The molecule has 0 unspecified atom stereocenters. The zero-order valence-electron chi connectivity index (χ0n) is 44.0. The fourth-order valence-corrected chi connectivity index (χ4v) is 7.64. The minimum atomic E-state index is -0.720. The van der Waals surface area contributed by atoms with Crippen LogP contribution < -0.4 is 28.4 Å². The molecule has 0 spiro atoms. The topological polar surface area (TPSA) is 177 Å². The van der Waals surface area contributed by atoms with Gasteiger partial charge in [-0.3, -0.25) is 0 Å². The number of hydrogen-bond acceptors (Lipinski definition) is 12. The van der Waals surface area contributed by atoms with Crippen LogP contribution in [0.5, 0.6) is 34.5 Å². The van der Waals surface area contributed by atoms with Crippen LogP contribution in [-0.4, -0.2) is 107 Å². The van der Waals surface area contributed by atoms with Crippen molar-refractivity contribution in [2.45, 2.75) is 194 Å². The maximum Gasteiger partial charge on any atom is 0.162 e. The van der Waals surface area contributed by atoms with E-state index >= 15 is 0 Å². The van der Waals surface area contributed by atoms with Gasteiger partial charge in [0.05, 0.1) is 36.6 Å². The molecule has 12 nitrogen and oxygen atoms in total. The SMILES string of the molecule is CCCC[C@H](O)COc1cc2c(cc1OC[C@@H](O)CCCC)C#Cc1cc(OC[C@@H](O)CCCC)c(OC[C@@H](O)CCCC)cc1C#Cc1cc(OC[C@@H](O)CCCC)c(OC[C@@H](O)CCCC)cc1C#C2. The molecule has 12 heteroatoms. The Kier molecular flexibility index (Phi) is 27.7. The summed E-state index contributed by atoms with van der Waals surface area (Å²) in [5.74, 6) is 21.9. The van der Waals surface area contributed by atoms with E-state index in [1.165, 1.54) is 0 Å². The van der Waals surface area contributed by atoms with Crippen LogP contribution in [0.4, 0.5) is 0 Å². The number of ether oxygens (including phenoxy) is 6. The van der Waals surface area contributed by atoms with Gasteiger partial charge in [-0.05, 0) is 38.5 Å². The molecule has 4 rings (SSSR count). The normalized spacial score (nSPS) is 14.0. The van der Waals surface area contributed by atoms with Crippen LogP contribution in [0.2, 0.25) is 0 Å². The molecule has 0 radical (unpaired) electrons. The first-order chi connectivity index (χ1) is 34.9. The number of rotatable bonds is 36. The summed E-state index contributed by atoms with van der Waals surface area (Å²) in [6, 6.07) is 10.4. The van der Waals surface area contributed by atoms with E-state index in [0.29, 0.717) is 106 Å². The van der Waals surface area contributed by atoms with Gasteiger partial charge in [0.25, 0.3) is 0 Å². The van der Waals surface area contributed by atoms with Crippen molar-refractivity contribution in [2.75, 3.05) is 39.6 Å². The third-order valence-electron chi connectivity index (χ3n) is 12.2. The lowest BCUT2D eigenvalue weighted by Crippen LogP contribution is -2.20. The van der Waals surface area contributed by atoms with Gasteiger partial charge in [0, 0.05) is 69.8 Å². The highest BCUT2D eigenvalue weighted by Gasteiger charge is 2.20. The molecule has 0 fully saturated rings. The molecular formula is C60H84O12. The van der Waals surface area contributed by atoms with Crippen molar-refractivity contribution in [1.82, 2.24) is 0 Å². The lowest BCUT2D eigenvalue weighted by molar-refractivity contribution is 0.0847. The first-order valence-corrected chi connectivity index (χ1v) is 26.9. The molecule has 0 saturated heterocycles. The number of aliphatic hydroxyl groups excluding tert-OH is 6. The van der Waals surface area contributed by atoms with Crippen LogP contribution in [0, 0.1) is 35.5 Å². The maximum absolute atomic E-state index is 10.8. The summed E-state index contributed by atoms with van der Waals surface area (Å²) in [6.45, 7) is 12.4. The van der Waals surface area contributed by atoms with Gasteiger partial charge in [-0.2, -0.15) is 0 Å². The Balaban J connectivity index is 2.02. The average Bonchev–Trinajstić information content (AvgIpc) is 3.38. The van der Waals surface area contributed by atoms with Crippen LogP contribution in [0.15, 0.2) is 36.4 Å². The summed E-state index contributed by atoms with van der Waals surface area (Å²) in [6.07, 6.45) is 9.64. The van der Waals surface area contributed by atoms with Crippen molar-refractivity contribution in [1.29, 1.82) is 0 Å². The third kappa shape index (κ3) is 21.2. The number of aliphatic hydroxyl groups is 6. The van der Waals surface area contributed by atoms with Crippen LogP contribution in [-0.2, 0) is 0 Å². The van der Waals surface area contributed by atoms with Crippen LogP contribution >= 0.6 is 0 Å². The zero-order chi connectivity index (χ0) is 52.1. The molecule has 6 atom stereocenters. The Hall–Kier alpha value is -5.10. The van der Waals surface area contributed by atoms with Crippen molar-refractivity contribution < 1.29 is 59.1 Å². The van der Waals surface area contributed by atoms with Gasteiger partial charge < -0.3 is 59.1 Å². The third-order valence-corrected chi connectivity index (χ3v) is 12.2. The van der Waals surface area contributed by atoms with E-state index in [1.807, 2.05) is 0 Å². The lowest BCUT2D eigenvalue weighted by atomic mass is 10.0. The van der Waals surface area contributed by atoms with Crippen LogP contribution in [0.1, 0.15) is 190 Å². The van der Waals surface area contributed by atoms with Gasteiger partial charge >= 0.3 is 0 Å². The fourth-order valence-electron chi connectivity index (χ4n) is 7.64. The second-order valence-electron chi connectivity index (χ2n) is 18.9. The lowest BCUT2D eigenvalue weighted by Gasteiger charge is -2.19. The molecule has 0 bridgehead atoms. The summed E-state index contributed by atoms with van der Waals surface area (Å²) in [5, 5.41) is 65.1. The van der Waals surface area contributed by atoms with E-state index < -0.39 is 36.6 Å². The number of unbranched alkanes of at least 4 members (excludes halogenated alkanes) is 6. The molecule has 6 N–H and O–H groups in total. The molecule has 0 aliphatic heterocycles. The fraction of sp³-hybridized carbons (Fsp3) is 0.600. The number of fused-ring (bicyclic) bond motifs is 3. The smallest absolute Gasteiger partial charge is 0.162 e. The highest BCUT2D eigenvalue weighted by atomic mass is 16.5. The van der Waals surface area contributed by atoms with Crippen molar-refractivity contribution in [3.05, 3.63) is 69.8 Å². The van der Waals surface area contributed by atoms with Gasteiger partial charge in [-0.15, -0.1) is 0 Å². The van der Waals surface area contributed by atoms with E-state index in [2.05, 4.69) is 77.1 Å². The first kappa shape index (κ1) is 59.5. The Morgan fingerprint density at radius 3 is 0.542 bits per heavy atom. The summed E-state index contributed by atoms with van der Waals surface area (Å²) >= 11 is 0. The Bertz CT molecular complexity index is 1860. The number of hydrogen-bond donors (Lipinski definition) is 6. The molecule has 0 amide bonds. The van der Waals surface area contributed by atoms with Gasteiger partial charge in [0.2, 0.25) is 0 Å². The molecule has 396 valence electrons. The van der Waals surface area contributed by atoms with E-state index in [-0.39, 0.29) is 39.6 Å². The Labute approximate surface area is 430 Å². The predicted molar refractivity (Wildman–Crippen MR) is 283 cm³/mol. The summed E-state index contributed by atoms with van der Waals surface area (Å²) in [7, 11) is 0. The highest BCUT2D eigenvalue weighted by Crippen LogP contribution is 2.36. The Morgan fingerprint density at radius 1 is 0.278 bits per heavy atom. The molecule has 1 aliphatic carbocycles. The van der Waals surface area contributed by atoms with E-state index in [0.717, 1.165) is 77.0 Å². The van der Waals surface area contributed by atoms with Crippen molar-refractivity contribution in [2.24, 2.45) is 0 Å². The van der Waals surface area contributed by atoms with Gasteiger partial charge in [0.1, 0.15) is 39.6 Å². The standard InChI is InChI=1S/C60H84O12/c1-7-13-19-49(61)37-67-55-31-43-25-26-45-33-57(69-39-51(63)21-15-9-3)59(71-41-53(65)23-17-11-5)35-47(45)29-30-48-36-60(72-42-54(66)24-18-12-6)58(70-40-52(64)22-16-10-4)34-46(48)28-27-44(43)32-56(55)68-38-50(62)20-14-8-2/h31-36,49-54,61-66H,7-24,37-42H2,1-6H3/t49-,50-,51-,52-,53-,54-/m0/s1. The monoisotopic (exact) mass is 997 g/mol. The van der Waals surface area contributed by atoms with Gasteiger partial charge in [0.15, 0.2) is 34.5 Å². The minimum Gasteiger partial charge on any atom is -0.487 e. The molecule has 72 heavy (non-hydrogen) atoms. The molecule has 1 aliphatic rings. The van der Waals surface area contributed by atoms with Gasteiger partial charge in [-0.25, -0.2) is 0 Å². The van der Waals surface area contributed by atoms with E-state index in [1.54, 1.807) is 36.4 Å². The summed E-state index contributed by atoms with van der Waals surface area (Å²) < 4.78 is 37.7. The van der Waals surface area contributed by atoms with Crippen LogP contribution in [0.25, 0.3) is 0 Å². The second kappa shape index (κ2) is 33.6. The minimum absolute atomic E-state index is 0.00905. The molecule has 3 aromatic carbocycles. The number of benzene rings is 3. The molecule has 3 aromatic rings. The largest absolute Gasteiger partial charge is 0.487 e. The van der Waals surface area contributed by atoms with E-state index in [9.17, 15) is 30.6 Å². The summed E-state index contributed by atoms with van der Waals surface area (Å²) in [4.78, 5) is 0. The van der Waals surface area contributed by atoms with Crippen molar-refractivity contribution in [3.8, 4) is 70.0 Å². The Morgan fingerprint density at radius 2 is 0.417 bits per heavy atom. The molecule has 0 aromatic heterocycles. The average molecular weight is 997 g/mol. The maximum atomic E-state index is 10.8. The molecular weight excluding hydrogens is 913 g/mol. The van der Waals surface area contributed by atoms with Gasteiger partial charge in [-0.1, -0.05) is 154 Å². The highest BCUT2D eigenvalue weighted by molar-refractivity contribution is 5.67. The second-order valence-corrected chi connectivity index (χ2v) is 18.9. The zero-order valence-corrected chi connectivity index (χ0v) is 44.0. The quantitative estimate of drug-likeness (QED) is 0.0238. The van der Waals surface area contributed by atoms with Crippen molar-refractivity contribution >= 4 is 0 Å². The van der Waals surface area contributed by atoms with Crippen molar-refractivity contribution in [3.63, 3.8) is 0 Å². The first-order valence-electron chi connectivity index (χ1n) is 26.9. The summed E-state index contributed by atoms with van der Waals surface area (Å²) in [5.41, 5.74) is 2.88. The predicted octanol–water partition coefficient (Wildman–Crippen LogP) is 9.78.